The number of benzene rings is 2. The van der Waals surface area contributed by atoms with Gasteiger partial charge in [0.05, 0.1) is 18.9 Å². The molecule has 0 aliphatic carbocycles. The minimum absolute atomic E-state index is 0.0519. The monoisotopic (exact) mass is 424 g/mol. The van der Waals surface area contributed by atoms with E-state index in [9.17, 15) is 4.79 Å². The van der Waals surface area contributed by atoms with E-state index in [-0.39, 0.29) is 5.91 Å². The number of ether oxygens (including phenoxy) is 2. The largest absolute Gasteiger partial charge is 0.494 e. The van der Waals surface area contributed by atoms with Crippen LogP contribution in [0.1, 0.15) is 38.2 Å². The number of aryl methyl sites for hydroxylation is 1. The number of anilines is 1. The summed E-state index contributed by atoms with van der Waals surface area (Å²) >= 11 is 1.43. The minimum Gasteiger partial charge on any atom is -0.494 e. The molecule has 0 saturated carbocycles. The van der Waals surface area contributed by atoms with E-state index in [2.05, 4.69) is 17.2 Å². The molecule has 1 heterocycles. The highest BCUT2D eigenvalue weighted by atomic mass is 32.1. The van der Waals surface area contributed by atoms with Crippen molar-refractivity contribution in [3.8, 4) is 22.8 Å². The van der Waals surface area contributed by atoms with Crippen LogP contribution in [-0.4, -0.2) is 24.1 Å². The van der Waals surface area contributed by atoms with Crippen LogP contribution in [0.4, 0.5) is 5.13 Å². The maximum Gasteiger partial charge on any atom is 0.226 e. The van der Waals surface area contributed by atoms with Crippen LogP contribution in [-0.2, 0) is 4.79 Å². The van der Waals surface area contributed by atoms with Gasteiger partial charge in [0.1, 0.15) is 11.5 Å². The van der Waals surface area contributed by atoms with Crippen LogP contribution < -0.4 is 14.8 Å². The zero-order valence-electron chi connectivity index (χ0n) is 17.5. The quantitative estimate of drug-likeness (QED) is 0.378. The number of hydrogen-bond donors (Lipinski definition) is 1. The number of unbranched alkanes of at least 4 members (excludes halogenated alkanes) is 1. The molecule has 3 rings (SSSR count). The van der Waals surface area contributed by atoms with Crippen LogP contribution in [0, 0.1) is 6.92 Å². The van der Waals surface area contributed by atoms with E-state index in [1.165, 1.54) is 11.3 Å². The molecule has 0 aliphatic heterocycles. The Morgan fingerprint density at radius 3 is 2.57 bits per heavy atom. The number of carbonyl (C=O) groups is 1. The molecule has 0 unspecified atom stereocenters. The molecule has 1 N–H and O–H groups in total. The van der Waals surface area contributed by atoms with Crippen LogP contribution in [0.2, 0.25) is 0 Å². The maximum absolute atomic E-state index is 12.2. The normalized spacial score (nSPS) is 10.6. The molecule has 0 radical (unpaired) electrons. The summed E-state index contributed by atoms with van der Waals surface area (Å²) in [5.41, 5.74) is 2.94. The van der Waals surface area contributed by atoms with Gasteiger partial charge < -0.3 is 14.8 Å². The number of para-hydroxylation sites is 1. The summed E-state index contributed by atoms with van der Waals surface area (Å²) in [4.78, 5) is 16.7. The van der Waals surface area contributed by atoms with Crippen molar-refractivity contribution < 1.29 is 14.3 Å². The molecule has 1 aromatic heterocycles. The first-order chi connectivity index (χ1) is 14.7. The summed E-state index contributed by atoms with van der Waals surface area (Å²) in [7, 11) is 0. The highest BCUT2D eigenvalue weighted by molar-refractivity contribution is 7.14. The van der Waals surface area contributed by atoms with E-state index in [4.69, 9.17) is 9.47 Å². The summed E-state index contributed by atoms with van der Waals surface area (Å²) < 4.78 is 11.4. The predicted molar refractivity (Wildman–Crippen MR) is 122 cm³/mol. The molecule has 0 atom stereocenters. The highest BCUT2D eigenvalue weighted by Gasteiger charge is 2.09. The average Bonchev–Trinajstić information content (AvgIpc) is 3.21. The zero-order chi connectivity index (χ0) is 21.2. The van der Waals surface area contributed by atoms with Crippen LogP contribution in [0.3, 0.4) is 0 Å². The number of rotatable bonds is 11. The Morgan fingerprint density at radius 2 is 1.80 bits per heavy atom. The third kappa shape index (κ3) is 6.59. The maximum atomic E-state index is 12.2. The number of nitrogens with zero attached hydrogens (tertiary/aromatic N) is 1. The summed E-state index contributed by atoms with van der Waals surface area (Å²) in [6.45, 7) is 5.40. The van der Waals surface area contributed by atoms with Gasteiger partial charge in [-0.25, -0.2) is 4.98 Å². The van der Waals surface area contributed by atoms with Crippen molar-refractivity contribution in [2.24, 2.45) is 0 Å². The van der Waals surface area contributed by atoms with E-state index >= 15 is 0 Å². The van der Waals surface area contributed by atoms with E-state index in [0.717, 1.165) is 47.8 Å². The van der Waals surface area contributed by atoms with Crippen LogP contribution in [0.15, 0.2) is 53.9 Å². The second-order valence-electron chi connectivity index (χ2n) is 7.03. The Kier molecular flexibility index (Phi) is 8.27. The first-order valence-corrected chi connectivity index (χ1v) is 11.2. The number of carbonyl (C=O) groups excluding carboxylic acids is 1. The molecule has 0 aliphatic rings. The number of amides is 1. The Morgan fingerprint density at radius 1 is 1.03 bits per heavy atom. The highest BCUT2D eigenvalue weighted by Crippen LogP contribution is 2.26. The van der Waals surface area contributed by atoms with Crippen molar-refractivity contribution in [3.05, 3.63) is 59.5 Å². The lowest BCUT2D eigenvalue weighted by molar-refractivity contribution is -0.116. The van der Waals surface area contributed by atoms with Crippen LogP contribution >= 0.6 is 11.3 Å². The molecule has 3 aromatic rings. The third-order valence-corrected chi connectivity index (χ3v) is 5.32. The van der Waals surface area contributed by atoms with Crippen molar-refractivity contribution in [1.82, 2.24) is 4.98 Å². The molecule has 0 spiro atoms. The molecule has 0 fully saturated rings. The molecule has 1 amide bonds. The SMILES string of the molecule is CCCCOc1ccc(-c2csc(NC(=O)CCCOc3ccccc3C)n2)cc1. The number of thiazole rings is 1. The molecule has 30 heavy (non-hydrogen) atoms. The van der Waals surface area contributed by atoms with E-state index < -0.39 is 0 Å². The van der Waals surface area contributed by atoms with Gasteiger partial charge in [-0.3, -0.25) is 4.79 Å². The number of hydrogen-bond acceptors (Lipinski definition) is 5. The van der Waals surface area contributed by atoms with Crippen LogP contribution in [0.5, 0.6) is 11.5 Å². The van der Waals surface area contributed by atoms with Gasteiger partial charge in [0.25, 0.3) is 0 Å². The summed E-state index contributed by atoms with van der Waals surface area (Å²) in [5, 5.41) is 5.43. The molecule has 0 bridgehead atoms. The lowest BCUT2D eigenvalue weighted by Gasteiger charge is -2.08. The first-order valence-electron chi connectivity index (χ1n) is 10.3. The second kappa shape index (κ2) is 11.4. The van der Waals surface area contributed by atoms with Gasteiger partial charge in [-0.2, -0.15) is 0 Å². The topological polar surface area (TPSA) is 60.5 Å². The van der Waals surface area contributed by atoms with Gasteiger partial charge in [-0.1, -0.05) is 31.5 Å². The second-order valence-corrected chi connectivity index (χ2v) is 7.89. The van der Waals surface area contributed by atoms with Crippen molar-refractivity contribution in [1.29, 1.82) is 0 Å². The number of aromatic nitrogens is 1. The third-order valence-electron chi connectivity index (χ3n) is 4.57. The summed E-state index contributed by atoms with van der Waals surface area (Å²) in [6, 6.07) is 15.8. The fraction of sp³-hybridized carbons (Fsp3) is 0.333. The summed E-state index contributed by atoms with van der Waals surface area (Å²) in [5.74, 6) is 1.68. The molecular formula is C24H28N2O3S. The van der Waals surface area contributed by atoms with Crippen molar-refractivity contribution >= 4 is 22.4 Å². The molecule has 2 aromatic carbocycles. The fourth-order valence-electron chi connectivity index (χ4n) is 2.84. The fourth-order valence-corrected chi connectivity index (χ4v) is 3.57. The standard InChI is InChI=1S/C24H28N2O3S/c1-3-4-15-28-20-13-11-19(12-14-20)21-17-30-24(25-21)26-23(27)10-7-16-29-22-9-6-5-8-18(22)2/h5-6,8-9,11-14,17H,3-4,7,10,15-16H2,1-2H3,(H,25,26,27). The van der Waals surface area contributed by atoms with Crippen LogP contribution in [0.25, 0.3) is 11.3 Å². The van der Waals surface area contributed by atoms with Crippen molar-refractivity contribution in [3.63, 3.8) is 0 Å². The molecule has 5 nitrogen and oxygen atoms in total. The molecule has 0 saturated heterocycles. The Bertz CT molecular complexity index is 938. The van der Waals surface area contributed by atoms with Crippen molar-refractivity contribution in [2.45, 2.75) is 39.5 Å². The Balaban J connectivity index is 1.43. The van der Waals surface area contributed by atoms with Gasteiger partial charge in [0, 0.05) is 17.4 Å². The van der Waals surface area contributed by atoms with E-state index in [0.29, 0.717) is 24.6 Å². The Labute approximate surface area is 182 Å². The Hall–Kier alpha value is -2.86. The number of nitrogens with one attached hydrogen (secondary N) is 1. The van der Waals surface area contributed by atoms with E-state index in [1.807, 2.05) is 60.8 Å². The van der Waals surface area contributed by atoms with Gasteiger partial charge in [0.2, 0.25) is 5.91 Å². The van der Waals surface area contributed by atoms with Gasteiger partial charge >= 0.3 is 0 Å². The van der Waals surface area contributed by atoms with Gasteiger partial charge in [-0.15, -0.1) is 11.3 Å². The molecule has 158 valence electrons. The van der Waals surface area contributed by atoms with Gasteiger partial charge in [-0.05, 0) is 55.7 Å². The molecule has 6 heteroatoms. The van der Waals surface area contributed by atoms with Crippen molar-refractivity contribution in [2.75, 3.05) is 18.5 Å². The summed E-state index contributed by atoms with van der Waals surface area (Å²) in [6.07, 6.45) is 3.21. The minimum atomic E-state index is -0.0519. The lowest BCUT2D eigenvalue weighted by atomic mass is 10.2. The average molecular weight is 425 g/mol. The smallest absolute Gasteiger partial charge is 0.226 e. The zero-order valence-corrected chi connectivity index (χ0v) is 18.3. The van der Waals surface area contributed by atoms with Gasteiger partial charge in [0.15, 0.2) is 5.13 Å². The lowest BCUT2D eigenvalue weighted by Crippen LogP contribution is -2.12. The first kappa shape index (κ1) is 21.8. The van der Waals surface area contributed by atoms with E-state index in [1.54, 1.807) is 0 Å². The molecular weight excluding hydrogens is 396 g/mol. The predicted octanol–water partition coefficient (Wildman–Crippen LogP) is 6.10.